The summed E-state index contributed by atoms with van der Waals surface area (Å²) in [5, 5.41) is 0. The van der Waals surface area contributed by atoms with Crippen LogP contribution in [0.4, 0.5) is 13.2 Å². The van der Waals surface area contributed by atoms with E-state index in [9.17, 15) is 13.2 Å². The fourth-order valence-corrected chi connectivity index (χ4v) is 5.16. The van der Waals surface area contributed by atoms with Crippen molar-refractivity contribution < 1.29 is 40.4 Å². The first-order chi connectivity index (χ1) is 17.8. The third kappa shape index (κ3) is 10.7. The fourth-order valence-electron chi connectivity index (χ4n) is 3.11. The van der Waals surface area contributed by atoms with Crippen LogP contribution in [0.15, 0.2) is 87.5 Å². The Morgan fingerprint density at radius 3 is 1.08 bits per heavy atom. The quantitative estimate of drug-likeness (QED) is 0.173. The number of benzene rings is 3. The molecule has 0 fully saturated rings. The van der Waals surface area contributed by atoms with Crippen LogP contribution in [-0.2, 0) is 21.0 Å². The van der Waals surface area contributed by atoms with Gasteiger partial charge >= 0.3 is 5.51 Å². The summed E-state index contributed by atoms with van der Waals surface area (Å²) in [6, 6.07) is 25.2. The first-order valence-electron chi connectivity index (χ1n) is 11.8. The van der Waals surface area contributed by atoms with Crippen LogP contribution in [0.25, 0.3) is 0 Å². The lowest BCUT2D eigenvalue weighted by Crippen LogP contribution is -2.23. The summed E-state index contributed by atoms with van der Waals surface area (Å²) < 4.78 is 76.3. The van der Waals surface area contributed by atoms with Gasteiger partial charge in [-0.15, -0.1) is 0 Å². The Balaban J connectivity index is 0.000000580. The molecule has 3 aromatic carbocycles. The number of alkyl halides is 3. The molecule has 3 rings (SSSR count). The highest BCUT2D eigenvalue weighted by molar-refractivity contribution is 7.97. The normalized spacial score (nSPS) is 12.4. The number of halogens is 3. The maximum absolute atomic E-state index is 10.7. The molecule has 0 aliphatic rings. The van der Waals surface area contributed by atoms with Crippen molar-refractivity contribution in [1.29, 1.82) is 0 Å². The molecule has 0 amide bonds. The van der Waals surface area contributed by atoms with Crippen LogP contribution < -0.4 is 14.2 Å². The summed E-state index contributed by atoms with van der Waals surface area (Å²) in [6.07, 6.45) is 0. The second-order valence-electron chi connectivity index (χ2n) is 10.3. The van der Waals surface area contributed by atoms with E-state index in [-0.39, 0.29) is 22.1 Å². The molecular formula is C28H33F3O6S2. The van der Waals surface area contributed by atoms with E-state index in [1.165, 1.54) is 14.7 Å². The van der Waals surface area contributed by atoms with Gasteiger partial charge in [-0.25, -0.2) is 8.42 Å². The zero-order valence-electron chi connectivity index (χ0n) is 22.8. The smallest absolute Gasteiger partial charge is 0.485 e. The first-order valence-corrected chi connectivity index (χ1v) is 14.4. The third-order valence-corrected chi connectivity index (χ3v) is 7.34. The second kappa shape index (κ2) is 12.5. The van der Waals surface area contributed by atoms with Crippen molar-refractivity contribution in [2.45, 2.75) is 72.9 Å². The molecule has 0 spiro atoms. The number of methoxy groups -OCH3 is 1. The minimum Gasteiger partial charge on any atom is -0.741 e. The van der Waals surface area contributed by atoms with Crippen LogP contribution in [0.3, 0.4) is 0 Å². The summed E-state index contributed by atoms with van der Waals surface area (Å²) in [7, 11) is -4.65. The molecule has 0 unspecified atom stereocenters. The van der Waals surface area contributed by atoms with E-state index in [0.717, 1.165) is 17.2 Å². The summed E-state index contributed by atoms with van der Waals surface area (Å²) >= 11 is 0. The van der Waals surface area contributed by atoms with E-state index >= 15 is 0 Å². The summed E-state index contributed by atoms with van der Waals surface area (Å²) in [5.41, 5.74) is -6.09. The molecule has 0 aromatic heterocycles. The Bertz CT molecular complexity index is 1230. The monoisotopic (exact) mass is 586 g/mol. The number of hydrogen-bond donors (Lipinski definition) is 0. The maximum Gasteiger partial charge on any atom is 0.485 e. The Morgan fingerprint density at radius 2 is 0.872 bits per heavy atom. The van der Waals surface area contributed by atoms with Gasteiger partial charge in [-0.1, -0.05) is 0 Å². The molecule has 0 aliphatic heterocycles. The maximum atomic E-state index is 10.7. The highest BCUT2D eigenvalue weighted by atomic mass is 32.2. The SMILES string of the molecule is COc1ccc([S+](c2ccc(OC(C)(C)C)cc2)c2ccc(OC(C)(C)C)cc2)cc1.O=S(=O)([O-])C(F)(F)F. The average Bonchev–Trinajstić information content (AvgIpc) is 2.79. The fraction of sp³-hybridized carbons (Fsp3) is 0.357. The summed E-state index contributed by atoms with van der Waals surface area (Å²) in [5.74, 6) is 2.61. The van der Waals surface area contributed by atoms with Gasteiger partial charge in [-0.2, -0.15) is 13.2 Å². The van der Waals surface area contributed by atoms with Gasteiger partial charge in [0.25, 0.3) is 0 Å². The standard InChI is InChI=1S/C27H33O3S.CHF3O3S/c1-26(2,3)29-21-10-16-24(17-11-21)31(23-14-8-20(28-7)9-15-23)25-18-12-22(13-19-25)30-27(4,5)6;2-1(3,4)8(5,6)7/h8-19H,1-7H3;(H,5,6,7)/q+1;/p-1. The second-order valence-corrected chi connectivity index (χ2v) is 13.7. The van der Waals surface area contributed by atoms with Gasteiger partial charge in [0.15, 0.2) is 24.8 Å². The predicted octanol–water partition coefficient (Wildman–Crippen LogP) is 7.20. The third-order valence-electron chi connectivity index (χ3n) is 4.55. The van der Waals surface area contributed by atoms with Crippen molar-refractivity contribution in [2.24, 2.45) is 0 Å². The largest absolute Gasteiger partial charge is 0.741 e. The molecule has 39 heavy (non-hydrogen) atoms. The van der Waals surface area contributed by atoms with E-state index < -0.39 is 15.6 Å². The number of hydrogen-bond acceptors (Lipinski definition) is 6. The molecule has 0 N–H and O–H groups in total. The first kappa shape index (κ1) is 32.3. The molecule has 0 heterocycles. The highest BCUT2D eigenvalue weighted by Crippen LogP contribution is 2.34. The predicted molar refractivity (Wildman–Crippen MR) is 145 cm³/mol. The molecule has 214 valence electrons. The van der Waals surface area contributed by atoms with Gasteiger partial charge < -0.3 is 18.8 Å². The van der Waals surface area contributed by atoms with Crippen molar-refractivity contribution in [2.75, 3.05) is 7.11 Å². The van der Waals surface area contributed by atoms with Crippen molar-refractivity contribution in [1.82, 2.24) is 0 Å². The zero-order chi connectivity index (χ0) is 29.6. The molecule has 0 saturated carbocycles. The Labute approximate surface area is 231 Å². The van der Waals surface area contributed by atoms with Gasteiger partial charge in [0, 0.05) is 0 Å². The summed E-state index contributed by atoms with van der Waals surface area (Å²) in [4.78, 5) is 3.70. The molecule has 0 bridgehead atoms. The van der Waals surface area contributed by atoms with Crippen LogP contribution in [0, 0.1) is 0 Å². The van der Waals surface area contributed by atoms with Gasteiger partial charge in [-0.05, 0) is 114 Å². The van der Waals surface area contributed by atoms with Crippen molar-refractivity contribution in [3.63, 3.8) is 0 Å². The minimum absolute atomic E-state index is 0.220. The van der Waals surface area contributed by atoms with Crippen LogP contribution in [-0.4, -0.2) is 36.8 Å². The Hall–Kier alpha value is -2.89. The molecular weight excluding hydrogens is 553 g/mol. The molecule has 11 heteroatoms. The van der Waals surface area contributed by atoms with Gasteiger partial charge in [0.2, 0.25) is 0 Å². The molecule has 0 atom stereocenters. The van der Waals surface area contributed by atoms with E-state index in [1.54, 1.807) is 7.11 Å². The average molecular weight is 587 g/mol. The molecule has 3 aromatic rings. The molecule has 0 radical (unpaired) electrons. The van der Waals surface area contributed by atoms with E-state index in [0.29, 0.717) is 0 Å². The van der Waals surface area contributed by atoms with Crippen LogP contribution >= 0.6 is 0 Å². The van der Waals surface area contributed by atoms with Crippen LogP contribution in [0.1, 0.15) is 41.5 Å². The van der Waals surface area contributed by atoms with Crippen LogP contribution in [0.5, 0.6) is 17.2 Å². The lowest BCUT2D eigenvalue weighted by molar-refractivity contribution is -0.0517. The van der Waals surface area contributed by atoms with Crippen molar-refractivity contribution in [3.05, 3.63) is 72.8 Å². The topological polar surface area (TPSA) is 84.9 Å². The molecule has 0 aliphatic carbocycles. The van der Waals surface area contributed by atoms with E-state index in [2.05, 4.69) is 102 Å². The number of ether oxygens (including phenoxy) is 3. The summed E-state index contributed by atoms with van der Waals surface area (Å²) in [6.45, 7) is 12.4. The number of rotatable bonds is 6. The zero-order valence-corrected chi connectivity index (χ0v) is 24.5. The molecule has 0 saturated heterocycles. The highest BCUT2D eigenvalue weighted by Gasteiger charge is 2.37. The van der Waals surface area contributed by atoms with E-state index in [1.807, 2.05) is 12.1 Å². The molecule has 6 nitrogen and oxygen atoms in total. The van der Waals surface area contributed by atoms with E-state index in [4.69, 9.17) is 27.2 Å². The van der Waals surface area contributed by atoms with Gasteiger partial charge in [0.05, 0.1) is 18.0 Å². The van der Waals surface area contributed by atoms with Crippen molar-refractivity contribution >= 4 is 21.0 Å². The van der Waals surface area contributed by atoms with Gasteiger partial charge in [-0.3, -0.25) is 0 Å². The Morgan fingerprint density at radius 1 is 0.615 bits per heavy atom. The lowest BCUT2D eigenvalue weighted by atomic mass is 10.2. The van der Waals surface area contributed by atoms with Crippen LogP contribution in [0.2, 0.25) is 0 Å². The van der Waals surface area contributed by atoms with Crippen molar-refractivity contribution in [3.8, 4) is 17.2 Å². The Kier molecular flexibility index (Phi) is 10.4. The van der Waals surface area contributed by atoms with Gasteiger partial charge in [0.1, 0.15) is 28.5 Å². The minimum atomic E-state index is -6.09. The lowest BCUT2D eigenvalue weighted by Gasteiger charge is -2.21.